The van der Waals surface area contributed by atoms with Gasteiger partial charge in [-0.3, -0.25) is 0 Å². The predicted molar refractivity (Wildman–Crippen MR) is 90.6 cm³/mol. The van der Waals surface area contributed by atoms with Crippen LogP contribution in [0.2, 0.25) is 5.02 Å². The summed E-state index contributed by atoms with van der Waals surface area (Å²) in [5.41, 5.74) is 6.25. The number of aryl methyl sites for hydroxylation is 3. The first-order valence-electron chi connectivity index (χ1n) is 6.07. The Bertz CT molecular complexity index is 597. The van der Waals surface area contributed by atoms with Gasteiger partial charge in [-0.2, -0.15) is 0 Å². The molecule has 100 valence electrons. The topological polar surface area (TPSA) is 0 Å². The van der Waals surface area contributed by atoms with E-state index in [0.717, 1.165) is 15.1 Å². The molecule has 0 aliphatic heterocycles. The van der Waals surface area contributed by atoms with Crippen LogP contribution >= 0.6 is 43.5 Å². The second-order valence-corrected chi connectivity index (χ2v) is 7.08. The second-order valence-electron chi connectivity index (χ2n) is 4.84. The molecule has 1 unspecified atom stereocenters. The van der Waals surface area contributed by atoms with E-state index < -0.39 is 0 Å². The second kappa shape index (κ2) is 5.99. The molecule has 2 aromatic carbocycles. The highest BCUT2D eigenvalue weighted by Gasteiger charge is 2.18. The lowest BCUT2D eigenvalue weighted by Gasteiger charge is -2.19. The third kappa shape index (κ3) is 3.24. The molecule has 0 heterocycles. The number of alkyl halides is 1. The van der Waals surface area contributed by atoms with Gasteiger partial charge in [-0.15, -0.1) is 0 Å². The zero-order chi connectivity index (χ0) is 14.2. The Morgan fingerprint density at radius 1 is 1.00 bits per heavy atom. The minimum absolute atomic E-state index is 0.109. The van der Waals surface area contributed by atoms with Crippen molar-refractivity contribution in [2.75, 3.05) is 0 Å². The van der Waals surface area contributed by atoms with Crippen LogP contribution in [0.5, 0.6) is 0 Å². The SMILES string of the molecule is Cc1cc(C)c(C(Br)c2cc(Br)ccc2Cl)c(C)c1. The first-order valence-corrected chi connectivity index (χ1v) is 8.15. The van der Waals surface area contributed by atoms with Gasteiger partial charge in [0.15, 0.2) is 0 Å². The van der Waals surface area contributed by atoms with Gasteiger partial charge in [0.05, 0.1) is 4.83 Å². The molecule has 0 aliphatic carbocycles. The molecule has 1 atom stereocenters. The number of hydrogen-bond donors (Lipinski definition) is 0. The average molecular weight is 403 g/mol. The monoisotopic (exact) mass is 400 g/mol. The molecule has 0 aromatic heterocycles. The maximum Gasteiger partial charge on any atom is 0.0664 e. The van der Waals surface area contributed by atoms with E-state index >= 15 is 0 Å². The largest absolute Gasteiger partial charge is 0.0840 e. The standard InChI is InChI=1S/C16H15Br2Cl/c1-9-6-10(2)15(11(3)7-9)16(18)13-8-12(17)4-5-14(13)19/h4-8,16H,1-3H3. The molecule has 0 saturated heterocycles. The van der Waals surface area contributed by atoms with E-state index in [1.54, 1.807) is 0 Å². The summed E-state index contributed by atoms with van der Waals surface area (Å²) in [6.45, 7) is 6.42. The van der Waals surface area contributed by atoms with Gasteiger partial charge in [0.1, 0.15) is 0 Å². The van der Waals surface area contributed by atoms with Gasteiger partial charge in [0.25, 0.3) is 0 Å². The van der Waals surface area contributed by atoms with Crippen LogP contribution in [0.25, 0.3) is 0 Å². The fourth-order valence-electron chi connectivity index (χ4n) is 2.46. The molecule has 0 saturated carbocycles. The number of halogens is 3. The number of hydrogen-bond acceptors (Lipinski definition) is 0. The summed E-state index contributed by atoms with van der Waals surface area (Å²) >= 11 is 13.6. The van der Waals surface area contributed by atoms with Crippen molar-refractivity contribution < 1.29 is 0 Å². The van der Waals surface area contributed by atoms with Gasteiger partial charge in [-0.1, -0.05) is 61.2 Å². The summed E-state index contributed by atoms with van der Waals surface area (Å²) in [6, 6.07) is 10.4. The van der Waals surface area contributed by atoms with Crippen LogP contribution in [0.3, 0.4) is 0 Å². The lowest BCUT2D eigenvalue weighted by atomic mass is 9.94. The van der Waals surface area contributed by atoms with Gasteiger partial charge in [-0.25, -0.2) is 0 Å². The molecule has 0 nitrogen and oxygen atoms in total. The third-order valence-electron chi connectivity index (χ3n) is 3.22. The fourth-order valence-corrected chi connectivity index (χ4v) is 4.29. The van der Waals surface area contributed by atoms with Crippen LogP contribution in [0.15, 0.2) is 34.8 Å². The van der Waals surface area contributed by atoms with E-state index in [4.69, 9.17) is 11.6 Å². The lowest BCUT2D eigenvalue weighted by molar-refractivity contribution is 1.10. The van der Waals surface area contributed by atoms with Crippen molar-refractivity contribution in [3.8, 4) is 0 Å². The van der Waals surface area contributed by atoms with Crippen LogP contribution in [-0.2, 0) is 0 Å². The molecular formula is C16H15Br2Cl. The van der Waals surface area contributed by atoms with Crippen molar-refractivity contribution in [1.82, 2.24) is 0 Å². The van der Waals surface area contributed by atoms with Gasteiger partial charge >= 0.3 is 0 Å². The Kier molecular flexibility index (Phi) is 4.75. The summed E-state index contributed by atoms with van der Waals surface area (Å²) < 4.78 is 1.04. The van der Waals surface area contributed by atoms with E-state index in [9.17, 15) is 0 Å². The van der Waals surface area contributed by atoms with E-state index in [1.165, 1.54) is 22.3 Å². The first-order chi connectivity index (χ1) is 8.90. The van der Waals surface area contributed by atoms with Gasteiger partial charge in [-0.05, 0) is 61.2 Å². The molecule has 0 N–H and O–H groups in total. The number of benzene rings is 2. The lowest BCUT2D eigenvalue weighted by Crippen LogP contribution is -2.01. The first kappa shape index (κ1) is 15.1. The van der Waals surface area contributed by atoms with Crippen LogP contribution < -0.4 is 0 Å². The minimum atomic E-state index is 0.109. The van der Waals surface area contributed by atoms with Crippen LogP contribution in [-0.4, -0.2) is 0 Å². The summed E-state index contributed by atoms with van der Waals surface area (Å²) in [4.78, 5) is 0.109. The van der Waals surface area contributed by atoms with Crippen molar-refractivity contribution in [3.63, 3.8) is 0 Å². The highest BCUT2D eigenvalue weighted by atomic mass is 79.9. The molecule has 3 heteroatoms. The van der Waals surface area contributed by atoms with Gasteiger partial charge < -0.3 is 0 Å². The Hall–Kier alpha value is -0.310. The zero-order valence-corrected chi connectivity index (χ0v) is 15.0. The quantitative estimate of drug-likeness (QED) is 0.502. The van der Waals surface area contributed by atoms with Crippen molar-refractivity contribution in [1.29, 1.82) is 0 Å². The maximum atomic E-state index is 6.33. The molecule has 19 heavy (non-hydrogen) atoms. The maximum absolute atomic E-state index is 6.33. The third-order valence-corrected chi connectivity index (χ3v) is 5.01. The molecule has 0 bridgehead atoms. The summed E-state index contributed by atoms with van der Waals surface area (Å²) in [7, 11) is 0. The normalized spacial score (nSPS) is 12.5. The summed E-state index contributed by atoms with van der Waals surface area (Å²) in [6.07, 6.45) is 0. The number of rotatable bonds is 2. The van der Waals surface area contributed by atoms with Crippen LogP contribution in [0, 0.1) is 20.8 Å². The highest BCUT2D eigenvalue weighted by molar-refractivity contribution is 9.10. The summed E-state index contributed by atoms with van der Waals surface area (Å²) in [5, 5.41) is 0.782. The van der Waals surface area contributed by atoms with Gasteiger partial charge in [0, 0.05) is 9.50 Å². The van der Waals surface area contributed by atoms with E-state index in [1.807, 2.05) is 12.1 Å². The fraction of sp³-hybridized carbons (Fsp3) is 0.250. The molecule has 2 rings (SSSR count). The smallest absolute Gasteiger partial charge is 0.0664 e. The molecule has 0 radical (unpaired) electrons. The molecule has 2 aromatic rings. The Balaban J connectivity index is 2.56. The van der Waals surface area contributed by atoms with E-state index in [-0.39, 0.29) is 4.83 Å². The van der Waals surface area contributed by atoms with Crippen molar-refractivity contribution in [2.24, 2.45) is 0 Å². The Labute approximate surface area is 136 Å². The highest BCUT2D eigenvalue weighted by Crippen LogP contribution is 2.39. The zero-order valence-electron chi connectivity index (χ0n) is 11.1. The molecule has 0 amide bonds. The predicted octanol–water partition coefficient (Wildman–Crippen LogP) is 6.51. The van der Waals surface area contributed by atoms with Gasteiger partial charge in [0.2, 0.25) is 0 Å². The molecule has 0 aliphatic rings. The minimum Gasteiger partial charge on any atom is -0.0840 e. The average Bonchev–Trinajstić information content (AvgIpc) is 2.30. The van der Waals surface area contributed by atoms with Crippen LogP contribution in [0.4, 0.5) is 0 Å². The van der Waals surface area contributed by atoms with Crippen molar-refractivity contribution in [3.05, 3.63) is 67.6 Å². The molecule has 0 spiro atoms. The molecular weight excluding hydrogens is 387 g/mol. The molecule has 0 fully saturated rings. The van der Waals surface area contributed by atoms with Crippen LogP contribution in [0.1, 0.15) is 32.6 Å². The van der Waals surface area contributed by atoms with E-state index in [0.29, 0.717) is 0 Å². The van der Waals surface area contributed by atoms with Crippen molar-refractivity contribution >= 4 is 43.5 Å². The van der Waals surface area contributed by atoms with E-state index in [2.05, 4.69) is 70.8 Å². The Morgan fingerprint density at radius 2 is 1.58 bits per heavy atom. The Morgan fingerprint density at radius 3 is 2.16 bits per heavy atom. The van der Waals surface area contributed by atoms with Crippen molar-refractivity contribution in [2.45, 2.75) is 25.6 Å². The summed E-state index contributed by atoms with van der Waals surface area (Å²) in [5.74, 6) is 0.